The van der Waals surface area contributed by atoms with Crippen molar-refractivity contribution in [2.45, 2.75) is 37.1 Å². The van der Waals surface area contributed by atoms with Gasteiger partial charge in [0, 0.05) is 28.5 Å². The van der Waals surface area contributed by atoms with Crippen LogP contribution in [0, 0.1) is 6.92 Å². The summed E-state index contributed by atoms with van der Waals surface area (Å²) in [4.78, 5) is 6.10. The van der Waals surface area contributed by atoms with Crippen LogP contribution in [0.2, 0.25) is 0 Å². The number of H-pyrrole nitrogens is 1. The predicted molar refractivity (Wildman–Crippen MR) is 115 cm³/mol. The average Bonchev–Trinajstić information content (AvgIpc) is 3.27. The predicted octanol–water partition coefficient (Wildman–Crippen LogP) is 4.56. The van der Waals surface area contributed by atoms with E-state index in [0.29, 0.717) is 10.9 Å². The topological polar surface area (TPSA) is 53.2 Å². The third kappa shape index (κ3) is 3.91. The molecular weight excluding hydrogens is 368 g/mol. The van der Waals surface area contributed by atoms with Gasteiger partial charge in [-0.25, -0.2) is 8.42 Å². The molecule has 1 aliphatic heterocycles. The van der Waals surface area contributed by atoms with Gasteiger partial charge >= 0.3 is 0 Å². The number of benzene rings is 2. The first-order valence-electron chi connectivity index (χ1n) is 9.72. The quantitative estimate of drug-likeness (QED) is 0.690. The Kier molecular flexibility index (Phi) is 5.13. The van der Waals surface area contributed by atoms with Gasteiger partial charge in [0.1, 0.15) is 0 Å². The summed E-state index contributed by atoms with van der Waals surface area (Å²) in [5.41, 5.74) is 4.32. The van der Waals surface area contributed by atoms with Crippen molar-refractivity contribution in [2.24, 2.45) is 0 Å². The molecule has 0 amide bonds. The molecule has 0 saturated carbocycles. The van der Waals surface area contributed by atoms with Crippen molar-refractivity contribution < 1.29 is 8.42 Å². The number of aromatic amines is 1. The minimum absolute atomic E-state index is 0.321. The first-order valence-corrected chi connectivity index (χ1v) is 11.3. The van der Waals surface area contributed by atoms with E-state index in [1.807, 2.05) is 31.2 Å². The molecule has 0 bridgehead atoms. The fourth-order valence-electron chi connectivity index (χ4n) is 3.93. The second-order valence-electron chi connectivity index (χ2n) is 7.76. The summed E-state index contributed by atoms with van der Waals surface area (Å²) in [6.45, 7) is 3.11. The van der Waals surface area contributed by atoms with Crippen molar-refractivity contribution in [3.63, 3.8) is 0 Å². The van der Waals surface area contributed by atoms with Crippen LogP contribution in [0.4, 0.5) is 0 Å². The van der Waals surface area contributed by atoms with Crippen molar-refractivity contribution in [3.8, 4) is 0 Å². The third-order valence-electron chi connectivity index (χ3n) is 5.71. The Morgan fingerprint density at radius 1 is 1.18 bits per heavy atom. The Morgan fingerprint density at radius 3 is 2.68 bits per heavy atom. The lowest BCUT2D eigenvalue weighted by Gasteiger charge is -2.18. The van der Waals surface area contributed by atoms with Crippen molar-refractivity contribution in [1.29, 1.82) is 0 Å². The number of hydrogen-bond donors (Lipinski definition) is 1. The van der Waals surface area contributed by atoms with E-state index in [9.17, 15) is 8.42 Å². The molecular formula is C23H26N2O2S. The van der Waals surface area contributed by atoms with Crippen molar-refractivity contribution in [1.82, 2.24) is 9.88 Å². The van der Waals surface area contributed by atoms with E-state index in [4.69, 9.17) is 0 Å². The van der Waals surface area contributed by atoms with Crippen LogP contribution in [0.15, 0.2) is 59.0 Å². The number of hydrogen-bond acceptors (Lipinski definition) is 3. The number of aromatic nitrogens is 1. The number of likely N-dealkylation sites (N-methyl/N-ethyl adjacent to an activating group) is 1. The van der Waals surface area contributed by atoms with E-state index in [0.717, 1.165) is 29.6 Å². The third-order valence-corrected chi connectivity index (χ3v) is 7.13. The molecule has 1 aromatic heterocycles. The fraction of sp³-hybridized carbons (Fsp3) is 0.304. The van der Waals surface area contributed by atoms with E-state index in [2.05, 4.69) is 29.2 Å². The van der Waals surface area contributed by atoms with Gasteiger partial charge in [-0.05, 0) is 81.2 Å². The lowest BCUT2D eigenvalue weighted by molar-refractivity contribution is 0.310. The van der Waals surface area contributed by atoms with E-state index in [-0.39, 0.29) is 0 Å². The van der Waals surface area contributed by atoms with E-state index in [1.54, 1.807) is 18.2 Å². The van der Waals surface area contributed by atoms with Gasteiger partial charge in [0.05, 0.1) is 4.90 Å². The minimum Gasteiger partial charge on any atom is -0.361 e. The Morgan fingerprint density at radius 2 is 1.96 bits per heavy atom. The molecule has 3 aromatic rings. The zero-order chi connectivity index (χ0) is 19.7. The van der Waals surface area contributed by atoms with Crippen LogP contribution < -0.4 is 0 Å². The van der Waals surface area contributed by atoms with Gasteiger partial charge in [0.15, 0.2) is 9.84 Å². The summed E-state index contributed by atoms with van der Waals surface area (Å²) >= 11 is 0. The molecule has 1 N–H and O–H groups in total. The molecule has 0 radical (unpaired) electrons. The van der Waals surface area contributed by atoms with Crippen LogP contribution in [0.25, 0.3) is 17.0 Å². The van der Waals surface area contributed by atoms with Crippen molar-refractivity contribution >= 4 is 26.8 Å². The number of sulfone groups is 1. The van der Waals surface area contributed by atoms with Crippen LogP contribution in [-0.4, -0.2) is 37.9 Å². The largest absolute Gasteiger partial charge is 0.361 e. The van der Waals surface area contributed by atoms with Gasteiger partial charge < -0.3 is 9.88 Å². The van der Waals surface area contributed by atoms with E-state index < -0.39 is 9.84 Å². The number of rotatable bonds is 5. The van der Waals surface area contributed by atoms with Gasteiger partial charge in [-0.1, -0.05) is 23.8 Å². The first-order chi connectivity index (χ1) is 13.4. The first kappa shape index (κ1) is 19.0. The van der Waals surface area contributed by atoms with Gasteiger partial charge in [-0.15, -0.1) is 0 Å². The monoisotopic (exact) mass is 394 g/mol. The Balaban J connectivity index is 1.59. The summed E-state index contributed by atoms with van der Waals surface area (Å²) in [5.74, 6) is 0. The van der Waals surface area contributed by atoms with Crippen LogP contribution in [0.5, 0.6) is 0 Å². The molecule has 4 nitrogen and oxygen atoms in total. The van der Waals surface area contributed by atoms with Gasteiger partial charge in [0.25, 0.3) is 0 Å². The highest BCUT2D eigenvalue weighted by Crippen LogP contribution is 2.26. The highest BCUT2D eigenvalue weighted by Gasteiger charge is 2.22. The SMILES string of the molecule is Cc1ccc(S(=O)(=O)/C=C/c2ccc3[nH]cc(C[C@H]4CCCN4C)c3c2)cc1. The van der Waals surface area contributed by atoms with E-state index >= 15 is 0 Å². The lowest BCUT2D eigenvalue weighted by Crippen LogP contribution is -2.26. The van der Waals surface area contributed by atoms with Crippen molar-refractivity contribution in [2.75, 3.05) is 13.6 Å². The second kappa shape index (κ2) is 7.57. The average molecular weight is 395 g/mol. The molecule has 2 heterocycles. The summed E-state index contributed by atoms with van der Waals surface area (Å²) in [7, 11) is -1.26. The van der Waals surface area contributed by atoms with Gasteiger partial charge in [0.2, 0.25) is 0 Å². The zero-order valence-electron chi connectivity index (χ0n) is 16.4. The minimum atomic E-state index is -3.45. The normalized spacial score (nSPS) is 18.4. The smallest absolute Gasteiger partial charge is 0.199 e. The number of aryl methyl sites for hydroxylation is 1. The van der Waals surface area contributed by atoms with Crippen LogP contribution in [0.1, 0.15) is 29.5 Å². The van der Waals surface area contributed by atoms with Crippen LogP contribution in [0.3, 0.4) is 0 Å². The molecule has 1 saturated heterocycles. The van der Waals surface area contributed by atoms with E-state index in [1.165, 1.54) is 29.2 Å². The molecule has 0 aliphatic carbocycles. The highest BCUT2D eigenvalue weighted by molar-refractivity contribution is 7.94. The molecule has 0 unspecified atom stereocenters. The zero-order valence-corrected chi connectivity index (χ0v) is 17.2. The van der Waals surface area contributed by atoms with Gasteiger partial charge in [-0.3, -0.25) is 0 Å². The molecule has 146 valence electrons. The summed E-state index contributed by atoms with van der Waals surface area (Å²) in [5, 5.41) is 2.48. The molecule has 4 rings (SSSR count). The maximum atomic E-state index is 12.6. The molecule has 1 aliphatic rings. The molecule has 0 spiro atoms. The Labute approximate surface area is 166 Å². The molecule has 2 aromatic carbocycles. The Bertz CT molecular complexity index is 1110. The molecule has 5 heteroatoms. The second-order valence-corrected chi connectivity index (χ2v) is 9.59. The fourth-order valence-corrected chi connectivity index (χ4v) is 4.94. The summed E-state index contributed by atoms with van der Waals surface area (Å²) in [6.07, 6.45) is 7.29. The highest BCUT2D eigenvalue weighted by atomic mass is 32.2. The molecule has 28 heavy (non-hydrogen) atoms. The number of nitrogens with one attached hydrogen (secondary N) is 1. The number of fused-ring (bicyclic) bond motifs is 1. The number of nitrogens with zero attached hydrogens (tertiary/aromatic N) is 1. The van der Waals surface area contributed by atoms with Crippen LogP contribution >= 0.6 is 0 Å². The standard InChI is InChI=1S/C23H26N2O2S/c1-17-5-8-21(9-6-17)28(26,27)13-11-18-7-10-23-22(14-18)19(16-24-23)15-20-4-3-12-25(20)2/h5-11,13-14,16,20,24H,3-4,12,15H2,1-2H3/b13-11+/t20-/m1/s1. The summed E-state index contributed by atoms with van der Waals surface area (Å²) < 4.78 is 25.1. The van der Waals surface area contributed by atoms with Crippen molar-refractivity contribution in [3.05, 3.63) is 70.8 Å². The maximum Gasteiger partial charge on any atom is 0.199 e. The summed E-state index contributed by atoms with van der Waals surface area (Å²) in [6, 6.07) is 13.6. The lowest BCUT2D eigenvalue weighted by atomic mass is 10.0. The molecule has 1 atom stereocenters. The van der Waals surface area contributed by atoms with Crippen LogP contribution in [-0.2, 0) is 16.3 Å². The van der Waals surface area contributed by atoms with Gasteiger partial charge in [-0.2, -0.15) is 0 Å². The number of likely N-dealkylation sites (tertiary alicyclic amines) is 1. The Hall–Kier alpha value is -2.37. The maximum absolute atomic E-state index is 12.6. The molecule has 1 fully saturated rings.